The molecule has 0 aromatic carbocycles. The van der Waals surface area contributed by atoms with E-state index in [1.165, 1.54) is 57.6 Å². The smallest absolute Gasteiger partial charge is 0.293 e. The molecular weight excluding hydrogens is 171 g/mol. The van der Waals surface area contributed by atoms with Crippen LogP contribution in [0.2, 0.25) is 12.6 Å². The van der Waals surface area contributed by atoms with E-state index in [-0.39, 0.29) is 0 Å². The summed E-state index contributed by atoms with van der Waals surface area (Å²) in [6, 6.07) is 0. The van der Waals surface area contributed by atoms with Crippen molar-refractivity contribution in [3.63, 3.8) is 0 Å². The summed E-state index contributed by atoms with van der Waals surface area (Å²) in [6.07, 6.45) is 12.6. The Balaban J connectivity index is 2.09. The number of rotatable bonds is 5. The van der Waals surface area contributed by atoms with E-state index in [1.807, 2.05) is 0 Å². The molecule has 1 atom stereocenters. The molecular formula is C12H25BO. The third-order valence-corrected chi connectivity index (χ3v) is 3.19. The van der Waals surface area contributed by atoms with E-state index in [0.717, 1.165) is 0 Å². The first-order chi connectivity index (χ1) is 6.83. The Bertz CT molecular complexity index is 138. The van der Waals surface area contributed by atoms with Crippen molar-refractivity contribution in [3.8, 4) is 0 Å². The SMILES string of the molecule is CCCCCCB1CCCCC(C)O1. The Morgan fingerprint density at radius 2 is 2.07 bits per heavy atom. The highest BCUT2D eigenvalue weighted by atomic mass is 16.4. The molecule has 1 saturated heterocycles. The van der Waals surface area contributed by atoms with E-state index in [9.17, 15) is 0 Å². The van der Waals surface area contributed by atoms with E-state index in [4.69, 9.17) is 4.65 Å². The molecule has 14 heavy (non-hydrogen) atoms. The molecule has 1 unspecified atom stereocenters. The maximum absolute atomic E-state index is 5.99. The van der Waals surface area contributed by atoms with Crippen LogP contribution >= 0.6 is 0 Å². The van der Waals surface area contributed by atoms with Gasteiger partial charge in [0.15, 0.2) is 0 Å². The summed E-state index contributed by atoms with van der Waals surface area (Å²) >= 11 is 0. The van der Waals surface area contributed by atoms with Crippen LogP contribution < -0.4 is 0 Å². The fraction of sp³-hybridized carbons (Fsp3) is 1.00. The van der Waals surface area contributed by atoms with Gasteiger partial charge in [-0.15, -0.1) is 0 Å². The van der Waals surface area contributed by atoms with Crippen LogP contribution in [0.25, 0.3) is 0 Å². The van der Waals surface area contributed by atoms with Gasteiger partial charge in [-0.1, -0.05) is 45.4 Å². The first-order valence-electron chi connectivity index (χ1n) is 6.48. The molecule has 1 nitrogen and oxygen atoms in total. The minimum absolute atomic E-state index is 0.508. The van der Waals surface area contributed by atoms with Crippen LogP contribution in [-0.2, 0) is 4.65 Å². The summed E-state index contributed by atoms with van der Waals surface area (Å²) in [7, 11) is 0. The largest absolute Gasteiger partial charge is 0.434 e. The lowest BCUT2D eigenvalue weighted by Gasteiger charge is -2.15. The number of hydrogen-bond acceptors (Lipinski definition) is 1. The zero-order valence-electron chi connectivity index (χ0n) is 9.93. The molecule has 2 heteroatoms. The summed E-state index contributed by atoms with van der Waals surface area (Å²) < 4.78 is 5.99. The number of unbranched alkanes of at least 4 members (excludes halogenated alkanes) is 3. The zero-order chi connectivity index (χ0) is 10.2. The Morgan fingerprint density at radius 3 is 2.86 bits per heavy atom. The van der Waals surface area contributed by atoms with Gasteiger partial charge in [-0.05, 0) is 26.0 Å². The average molecular weight is 196 g/mol. The molecule has 0 N–H and O–H groups in total. The quantitative estimate of drug-likeness (QED) is 0.474. The molecule has 1 aliphatic heterocycles. The summed E-state index contributed by atoms with van der Waals surface area (Å²) in [5.41, 5.74) is 0. The summed E-state index contributed by atoms with van der Waals surface area (Å²) in [6.45, 7) is 5.07. The molecule has 0 radical (unpaired) electrons. The lowest BCUT2D eigenvalue weighted by Crippen LogP contribution is -2.21. The lowest BCUT2D eigenvalue weighted by atomic mass is 9.59. The first-order valence-corrected chi connectivity index (χ1v) is 6.48. The standard InChI is InChI=1S/C12H25BO/c1-3-4-5-7-10-13-11-8-6-9-12(2)14-13/h12H,3-11H2,1-2H3. The van der Waals surface area contributed by atoms with Gasteiger partial charge < -0.3 is 4.65 Å². The van der Waals surface area contributed by atoms with Gasteiger partial charge in [-0.25, -0.2) is 0 Å². The van der Waals surface area contributed by atoms with Gasteiger partial charge >= 0.3 is 0 Å². The van der Waals surface area contributed by atoms with Crippen LogP contribution in [0, 0.1) is 0 Å². The maximum Gasteiger partial charge on any atom is 0.293 e. The molecule has 0 spiro atoms. The third kappa shape index (κ3) is 5.04. The van der Waals surface area contributed by atoms with Crippen LogP contribution in [0.1, 0.15) is 58.8 Å². The molecule has 1 aliphatic rings. The molecule has 1 rings (SSSR count). The first kappa shape index (κ1) is 12.1. The summed E-state index contributed by atoms with van der Waals surface area (Å²) in [5.74, 6) is 0. The van der Waals surface area contributed by atoms with Crippen LogP contribution in [-0.4, -0.2) is 13.0 Å². The fourth-order valence-corrected chi connectivity index (χ4v) is 2.28. The van der Waals surface area contributed by atoms with E-state index >= 15 is 0 Å². The molecule has 1 heterocycles. The zero-order valence-corrected chi connectivity index (χ0v) is 9.93. The predicted molar refractivity (Wildman–Crippen MR) is 63.9 cm³/mol. The normalized spacial score (nSPS) is 23.6. The van der Waals surface area contributed by atoms with E-state index in [0.29, 0.717) is 13.0 Å². The van der Waals surface area contributed by atoms with Crippen molar-refractivity contribution in [1.29, 1.82) is 0 Å². The van der Waals surface area contributed by atoms with Gasteiger partial charge in [0.05, 0.1) is 0 Å². The average Bonchev–Trinajstić information content (AvgIpc) is 2.38. The van der Waals surface area contributed by atoms with Crippen molar-refractivity contribution in [1.82, 2.24) is 0 Å². The maximum atomic E-state index is 5.99. The van der Waals surface area contributed by atoms with Crippen molar-refractivity contribution in [2.24, 2.45) is 0 Å². The van der Waals surface area contributed by atoms with Gasteiger partial charge in [0, 0.05) is 6.10 Å². The second-order valence-electron chi connectivity index (χ2n) is 4.70. The highest BCUT2D eigenvalue weighted by Gasteiger charge is 2.20. The van der Waals surface area contributed by atoms with E-state index in [1.54, 1.807) is 0 Å². The Morgan fingerprint density at radius 1 is 1.21 bits per heavy atom. The molecule has 82 valence electrons. The van der Waals surface area contributed by atoms with Gasteiger partial charge in [0.2, 0.25) is 0 Å². The Labute approximate surface area is 89.7 Å². The highest BCUT2D eigenvalue weighted by Crippen LogP contribution is 2.20. The molecule has 0 aromatic rings. The molecule has 0 aromatic heterocycles. The van der Waals surface area contributed by atoms with Crippen molar-refractivity contribution in [3.05, 3.63) is 0 Å². The van der Waals surface area contributed by atoms with Gasteiger partial charge in [-0.2, -0.15) is 0 Å². The second kappa shape index (κ2) is 7.33. The van der Waals surface area contributed by atoms with Crippen molar-refractivity contribution in [2.45, 2.75) is 77.5 Å². The van der Waals surface area contributed by atoms with Crippen LogP contribution in [0.5, 0.6) is 0 Å². The second-order valence-corrected chi connectivity index (χ2v) is 4.70. The minimum atomic E-state index is 0.508. The minimum Gasteiger partial charge on any atom is -0.434 e. The summed E-state index contributed by atoms with van der Waals surface area (Å²) in [5, 5.41) is 0. The van der Waals surface area contributed by atoms with Gasteiger partial charge in [0.1, 0.15) is 0 Å². The van der Waals surface area contributed by atoms with E-state index < -0.39 is 0 Å². The Hall–Kier alpha value is 0.0249. The summed E-state index contributed by atoms with van der Waals surface area (Å²) in [4.78, 5) is 0. The third-order valence-electron chi connectivity index (χ3n) is 3.19. The van der Waals surface area contributed by atoms with Gasteiger partial charge in [-0.3, -0.25) is 0 Å². The fourth-order valence-electron chi connectivity index (χ4n) is 2.28. The van der Waals surface area contributed by atoms with Crippen LogP contribution in [0.3, 0.4) is 0 Å². The van der Waals surface area contributed by atoms with E-state index in [2.05, 4.69) is 13.8 Å². The van der Waals surface area contributed by atoms with Crippen molar-refractivity contribution >= 4 is 6.92 Å². The molecule has 1 fully saturated rings. The van der Waals surface area contributed by atoms with Crippen molar-refractivity contribution < 1.29 is 4.65 Å². The van der Waals surface area contributed by atoms with Crippen LogP contribution in [0.4, 0.5) is 0 Å². The predicted octanol–water partition coefficient (Wildman–Crippen LogP) is 4.15. The molecule has 0 aliphatic carbocycles. The highest BCUT2D eigenvalue weighted by molar-refractivity contribution is 6.51. The molecule has 0 saturated carbocycles. The Kier molecular flexibility index (Phi) is 6.34. The topological polar surface area (TPSA) is 9.23 Å². The number of hydrogen-bond donors (Lipinski definition) is 0. The molecule has 0 amide bonds. The monoisotopic (exact) mass is 196 g/mol. The van der Waals surface area contributed by atoms with Gasteiger partial charge in [0.25, 0.3) is 6.92 Å². The van der Waals surface area contributed by atoms with Crippen LogP contribution in [0.15, 0.2) is 0 Å². The van der Waals surface area contributed by atoms with Crippen molar-refractivity contribution in [2.75, 3.05) is 0 Å². The molecule has 0 bridgehead atoms. The lowest BCUT2D eigenvalue weighted by molar-refractivity contribution is 0.216.